The SMILES string of the molecule is CCc1nc(C#N)c(S(=O)(=O)C2CCCC2)c(CC)c1CC. The van der Waals surface area contributed by atoms with Crippen molar-refractivity contribution >= 4 is 9.84 Å². The van der Waals surface area contributed by atoms with Gasteiger partial charge in [-0.05, 0) is 43.2 Å². The van der Waals surface area contributed by atoms with E-state index in [1.54, 1.807) is 0 Å². The van der Waals surface area contributed by atoms with E-state index in [9.17, 15) is 13.7 Å². The van der Waals surface area contributed by atoms with Crippen LogP contribution in [0.4, 0.5) is 0 Å². The summed E-state index contributed by atoms with van der Waals surface area (Å²) in [5.74, 6) is 0. The van der Waals surface area contributed by atoms with Crippen LogP contribution in [0.3, 0.4) is 0 Å². The van der Waals surface area contributed by atoms with E-state index < -0.39 is 9.84 Å². The zero-order valence-electron chi connectivity index (χ0n) is 13.6. The van der Waals surface area contributed by atoms with E-state index in [4.69, 9.17) is 0 Å². The summed E-state index contributed by atoms with van der Waals surface area (Å²) < 4.78 is 26.1. The van der Waals surface area contributed by atoms with Crippen molar-refractivity contribution in [3.63, 3.8) is 0 Å². The van der Waals surface area contributed by atoms with Gasteiger partial charge in [-0.25, -0.2) is 13.4 Å². The fourth-order valence-corrected chi connectivity index (χ4v) is 5.80. The zero-order valence-corrected chi connectivity index (χ0v) is 14.5. The topological polar surface area (TPSA) is 70.8 Å². The first-order valence-electron chi connectivity index (χ1n) is 8.19. The first kappa shape index (κ1) is 17.0. The van der Waals surface area contributed by atoms with Crippen molar-refractivity contribution in [3.8, 4) is 6.07 Å². The quantitative estimate of drug-likeness (QED) is 0.834. The second-order valence-electron chi connectivity index (χ2n) is 5.82. The minimum atomic E-state index is -3.47. The van der Waals surface area contributed by atoms with Crippen molar-refractivity contribution in [1.82, 2.24) is 4.98 Å². The van der Waals surface area contributed by atoms with E-state index >= 15 is 0 Å². The van der Waals surface area contributed by atoms with Gasteiger partial charge >= 0.3 is 0 Å². The molecule has 1 heterocycles. The molecule has 1 saturated carbocycles. The Bertz CT molecular complexity index is 696. The Morgan fingerprint density at radius 2 is 1.68 bits per heavy atom. The van der Waals surface area contributed by atoms with E-state index in [0.29, 0.717) is 25.7 Å². The predicted molar refractivity (Wildman–Crippen MR) is 86.5 cm³/mol. The Balaban J connectivity index is 2.76. The summed E-state index contributed by atoms with van der Waals surface area (Å²) in [4.78, 5) is 4.61. The molecular formula is C17H24N2O2S. The van der Waals surface area contributed by atoms with Gasteiger partial charge < -0.3 is 0 Å². The molecule has 1 aromatic heterocycles. The molecule has 0 atom stereocenters. The fourth-order valence-electron chi connectivity index (χ4n) is 3.54. The van der Waals surface area contributed by atoms with Crippen LogP contribution in [0.1, 0.15) is 69.0 Å². The van der Waals surface area contributed by atoms with E-state index in [2.05, 4.69) is 4.98 Å². The van der Waals surface area contributed by atoms with E-state index in [1.807, 2.05) is 26.8 Å². The van der Waals surface area contributed by atoms with Gasteiger partial charge in [0.05, 0.1) is 5.25 Å². The van der Waals surface area contributed by atoms with Crippen LogP contribution in [-0.2, 0) is 29.1 Å². The second-order valence-corrected chi connectivity index (χ2v) is 7.98. The van der Waals surface area contributed by atoms with Gasteiger partial charge in [0.1, 0.15) is 11.0 Å². The van der Waals surface area contributed by atoms with Gasteiger partial charge in [-0.1, -0.05) is 33.6 Å². The molecule has 1 aliphatic rings. The summed E-state index contributed by atoms with van der Waals surface area (Å²) >= 11 is 0. The molecule has 120 valence electrons. The largest absolute Gasteiger partial charge is 0.240 e. The molecule has 2 rings (SSSR count). The molecule has 0 bridgehead atoms. The Hall–Kier alpha value is -1.41. The van der Waals surface area contributed by atoms with Crippen LogP contribution in [-0.4, -0.2) is 18.7 Å². The minimum absolute atomic E-state index is 0.0952. The Kier molecular flexibility index (Phi) is 5.23. The second kappa shape index (κ2) is 6.78. The smallest absolute Gasteiger partial charge is 0.184 e. The molecule has 0 aliphatic heterocycles. The van der Waals surface area contributed by atoms with Crippen molar-refractivity contribution < 1.29 is 8.42 Å². The Morgan fingerprint density at radius 3 is 2.14 bits per heavy atom. The highest BCUT2D eigenvalue weighted by Gasteiger charge is 2.35. The summed E-state index contributed by atoms with van der Waals surface area (Å²) in [6, 6.07) is 2.04. The third-order valence-corrected chi connectivity index (χ3v) is 6.98. The van der Waals surface area contributed by atoms with Gasteiger partial charge in [-0.3, -0.25) is 0 Å². The molecule has 22 heavy (non-hydrogen) atoms. The lowest BCUT2D eigenvalue weighted by molar-refractivity contribution is 0.577. The maximum Gasteiger partial charge on any atom is 0.184 e. The average molecular weight is 320 g/mol. The third-order valence-electron chi connectivity index (χ3n) is 4.62. The lowest BCUT2D eigenvalue weighted by atomic mass is 9.99. The highest BCUT2D eigenvalue weighted by molar-refractivity contribution is 7.92. The number of aryl methyl sites for hydroxylation is 1. The van der Waals surface area contributed by atoms with Crippen molar-refractivity contribution in [2.45, 2.75) is 75.9 Å². The van der Waals surface area contributed by atoms with Crippen LogP contribution in [0.15, 0.2) is 4.90 Å². The Labute approximate surface area is 133 Å². The van der Waals surface area contributed by atoms with Gasteiger partial charge in [0, 0.05) is 5.69 Å². The lowest BCUT2D eigenvalue weighted by Crippen LogP contribution is -2.23. The predicted octanol–water partition coefficient (Wildman–Crippen LogP) is 3.36. The van der Waals surface area contributed by atoms with Crippen LogP contribution in [0.2, 0.25) is 0 Å². The summed E-state index contributed by atoms with van der Waals surface area (Å²) in [7, 11) is -3.47. The summed E-state index contributed by atoms with van der Waals surface area (Å²) in [5, 5.41) is 9.11. The average Bonchev–Trinajstić information content (AvgIpc) is 3.07. The van der Waals surface area contributed by atoms with Crippen molar-refractivity contribution in [3.05, 3.63) is 22.5 Å². The van der Waals surface area contributed by atoms with Crippen molar-refractivity contribution in [2.24, 2.45) is 0 Å². The van der Waals surface area contributed by atoms with Gasteiger partial charge in [0.25, 0.3) is 0 Å². The highest BCUT2D eigenvalue weighted by Crippen LogP contribution is 2.34. The molecule has 4 nitrogen and oxygen atoms in total. The normalized spacial score (nSPS) is 15.9. The lowest BCUT2D eigenvalue weighted by Gasteiger charge is -2.20. The summed E-state index contributed by atoms with van der Waals surface area (Å²) in [6.07, 6.45) is 5.39. The highest BCUT2D eigenvalue weighted by atomic mass is 32.2. The molecular weight excluding hydrogens is 296 g/mol. The van der Waals surface area contributed by atoms with Gasteiger partial charge in [0.15, 0.2) is 15.5 Å². The van der Waals surface area contributed by atoms with E-state index in [0.717, 1.165) is 36.1 Å². The number of nitriles is 1. The number of rotatable bonds is 5. The summed E-state index contributed by atoms with van der Waals surface area (Å²) in [5.41, 5.74) is 2.79. The van der Waals surface area contributed by atoms with Crippen molar-refractivity contribution in [2.75, 3.05) is 0 Å². The monoisotopic (exact) mass is 320 g/mol. The molecule has 0 spiro atoms. The van der Waals surface area contributed by atoms with Crippen LogP contribution in [0.25, 0.3) is 0 Å². The molecule has 0 radical (unpaired) electrons. The maximum absolute atomic E-state index is 13.1. The van der Waals surface area contributed by atoms with Gasteiger partial charge in [-0.2, -0.15) is 5.26 Å². The Morgan fingerprint density at radius 1 is 1.09 bits per heavy atom. The zero-order chi connectivity index (χ0) is 16.3. The molecule has 0 amide bonds. The standard InChI is InChI=1S/C17H24N2O2S/c1-4-13-14(5-2)17(16(11-18)19-15(13)6-3)22(20,21)12-9-7-8-10-12/h12H,4-10H2,1-3H3. The molecule has 1 fully saturated rings. The van der Waals surface area contributed by atoms with Crippen LogP contribution in [0.5, 0.6) is 0 Å². The van der Waals surface area contributed by atoms with Crippen LogP contribution < -0.4 is 0 Å². The van der Waals surface area contributed by atoms with Crippen LogP contribution in [0, 0.1) is 11.3 Å². The molecule has 0 unspecified atom stereocenters. The molecule has 1 aliphatic carbocycles. The van der Waals surface area contributed by atoms with Gasteiger partial charge in [0.2, 0.25) is 0 Å². The number of aromatic nitrogens is 1. The van der Waals surface area contributed by atoms with E-state index in [-0.39, 0.29) is 15.8 Å². The fraction of sp³-hybridized carbons (Fsp3) is 0.647. The number of nitrogens with zero attached hydrogens (tertiary/aromatic N) is 2. The molecule has 0 saturated heterocycles. The first-order chi connectivity index (χ1) is 10.5. The molecule has 5 heteroatoms. The molecule has 0 N–H and O–H groups in total. The molecule has 0 aromatic carbocycles. The number of hydrogen-bond donors (Lipinski definition) is 0. The number of hydrogen-bond acceptors (Lipinski definition) is 4. The van der Waals surface area contributed by atoms with Crippen LogP contribution >= 0.6 is 0 Å². The van der Waals surface area contributed by atoms with E-state index in [1.165, 1.54) is 0 Å². The molecule has 1 aromatic rings. The van der Waals surface area contributed by atoms with Crippen molar-refractivity contribution in [1.29, 1.82) is 5.26 Å². The first-order valence-corrected chi connectivity index (χ1v) is 9.74. The maximum atomic E-state index is 13.1. The third kappa shape index (κ3) is 2.77. The summed E-state index contributed by atoms with van der Waals surface area (Å²) in [6.45, 7) is 5.98. The number of sulfone groups is 1. The number of pyridine rings is 1. The van der Waals surface area contributed by atoms with Gasteiger partial charge in [-0.15, -0.1) is 0 Å². The minimum Gasteiger partial charge on any atom is -0.240 e.